The van der Waals surface area contributed by atoms with E-state index in [4.69, 9.17) is 0 Å². The van der Waals surface area contributed by atoms with Crippen LogP contribution in [0.5, 0.6) is 0 Å². The number of piperazine rings is 1. The highest BCUT2D eigenvalue weighted by Gasteiger charge is 2.19. The lowest BCUT2D eigenvalue weighted by Crippen LogP contribution is -2.49. The Balaban J connectivity index is 1.40. The topological polar surface area (TPSA) is 35.6 Å². The number of hydrogen-bond acceptors (Lipinski definition) is 3. The van der Waals surface area contributed by atoms with Crippen molar-refractivity contribution in [2.24, 2.45) is 0 Å². The Morgan fingerprint density at radius 1 is 1.04 bits per heavy atom. The van der Waals surface area contributed by atoms with E-state index >= 15 is 0 Å². The van der Waals surface area contributed by atoms with Gasteiger partial charge in [0.1, 0.15) is 0 Å². The average molecular weight is 416 g/mol. The van der Waals surface area contributed by atoms with Gasteiger partial charge in [-0.05, 0) is 42.7 Å². The number of anilines is 1. The molecular weight excluding hydrogens is 390 g/mol. The van der Waals surface area contributed by atoms with Gasteiger partial charge in [0.05, 0.1) is 6.54 Å². The third-order valence-electron chi connectivity index (χ3n) is 4.85. The van der Waals surface area contributed by atoms with Crippen LogP contribution in [-0.4, -0.2) is 55.0 Å². The van der Waals surface area contributed by atoms with Crippen LogP contribution in [0, 0.1) is 6.92 Å². The van der Waals surface area contributed by atoms with Crippen molar-refractivity contribution >= 4 is 27.5 Å². The Labute approximate surface area is 164 Å². The van der Waals surface area contributed by atoms with Gasteiger partial charge in [0.2, 0.25) is 5.91 Å². The summed E-state index contributed by atoms with van der Waals surface area (Å²) >= 11 is 3.45. The van der Waals surface area contributed by atoms with Gasteiger partial charge in [-0.1, -0.05) is 46.3 Å². The molecule has 1 heterocycles. The third-order valence-corrected chi connectivity index (χ3v) is 5.35. The molecule has 1 fully saturated rings. The molecule has 0 aliphatic carbocycles. The van der Waals surface area contributed by atoms with E-state index in [2.05, 4.69) is 61.4 Å². The molecule has 0 aromatic heterocycles. The number of aryl methyl sites for hydroxylation is 1. The van der Waals surface area contributed by atoms with E-state index in [1.807, 2.05) is 25.1 Å². The summed E-state index contributed by atoms with van der Waals surface area (Å²) in [5.41, 5.74) is 3.34. The zero-order valence-electron chi connectivity index (χ0n) is 15.2. The predicted octanol–water partition coefficient (Wildman–Crippen LogP) is 3.56. The van der Waals surface area contributed by atoms with Gasteiger partial charge in [-0.25, -0.2) is 0 Å². The molecule has 2 aromatic rings. The van der Waals surface area contributed by atoms with Crippen molar-refractivity contribution in [3.63, 3.8) is 0 Å². The van der Waals surface area contributed by atoms with Crippen molar-refractivity contribution in [3.8, 4) is 0 Å². The summed E-state index contributed by atoms with van der Waals surface area (Å²) in [7, 11) is 0. The fraction of sp³-hybridized carbons (Fsp3) is 0.381. The van der Waals surface area contributed by atoms with E-state index in [9.17, 15) is 4.79 Å². The molecule has 0 radical (unpaired) electrons. The molecule has 0 unspecified atom stereocenters. The smallest absolute Gasteiger partial charge is 0.238 e. The summed E-state index contributed by atoms with van der Waals surface area (Å²) in [5, 5.41) is 3.03. The highest BCUT2D eigenvalue weighted by atomic mass is 79.9. The first-order chi connectivity index (χ1) is 12.6. The van der Waals surface area contributed by atoms with E-state index in [-0.39, 0.29) is 5.91 Å². The van der Waals surface area contributed by atoms with Gasteiger partial charge in [-0.15, -0.1) is 0 Å². The van der Waals surface area contributed by atoms with Gasteiger partial charge < -0.3 is 10.2 Å². The minimum absolute atomic E-state index is 0.0631. The summed E-state index contributed by atoms with van der Waals surface area (Å²) in [4.78, 5) is 17.1. The van der Waals surface area contributed by atoms with Crippen LogP contribution in [-0.2, 0) is 11.2 Å². The molecule has 1 aliphatic rings. The number of hydrogen-bond donors (Lipinski definition) is 1. The van der Waals surface area contributed by atoms with Crippen LogP contribution in [0.4, 0.5) is 5.69 Å². The molecule has 3 rings (SSSR count). The fourth-order valence-electron chi connectivity index (χ4n) is 3.26. The second-order valence-electron chi connectivity index (χ2n) is 6.86. The second-order valence-corrected chi connectivity index (χ2v) is 7.78. The Bertz CT molecular complexity index is 727. The van der Waals surface area contributed by atoms with E-state index in [0.717, 1.165) is 54.9 Å². The maximum Gasteiger partial charge on any atom is 0.238 e. The largest absolute Gasteiger partial charge is 0.325 e. The number of nitrogens with zero attached hydrogens (tertiary/aromatic N) is 2. The maximum atomic E-state index is 12.3. The molecule has 0 saturated carbocycles. The van der Waals surface area contributed by atoms with Gasteiger partial charge in [-0.3, -0.25) is 9.69 Å². The van der Waals surface area contributed by atoms with E-state index in [1.165, 1.54) is 5.56 Å². The summed E-state index contributed by atoms with van der Waals surface area (Å²) < 4.78 is 1.03. The summed E-state index contributed by atoms with van der Waals surface area (Å²) in [5.74, 6) is 0.0631. The monoisotopic (exact) mass is 415 g/mol. The maximum absolute atomic E-state index is 12.3. The van der Waals surface area contributed by atoms with E-state index in [1.54, 1.807) is 0 Å². The molecule has 0 bridgehead atoms. The van der Waals surface area contributed by atoms with Crippen LogP contribution in [0.1, 0.15) is 11.1 Å². The molecular formula is C21H26BrN3O. The summed E-state index contributed by atoms with van der Waals surface area (Å²) in [6.07, 6.45) is 1.09. The van der Waals surface area contributed by atoms with Crippen LogP contribution >= 0.6 is 15.9 Å². The van der Waals surface area contributed by atoms with Crippen molar-refractivity contribution in [2.75, 3.05) is 44.6 Å². The molecule has 26 heavy (non-hydrogen) atoms. The van der Waals surface area contributed by atoms with Crippen molar-refractivity contribution < 1.29 is 4.79 Å². The van der Waals surface area contributed by atoms with Gasteiger partial charge >= 0.3 is 0 Å². The SMILES string of the molecule is Cc1cc(Br)ccc1NC(=O)CN1CCN(CCc2ccccc2)CC1. The number of amides is 1. The number of rotatable bonds is 6. The Morgan fingerprint density at radius 2 is 1.73 bits per heavy atom. The molecule has 1 amide bonds. The first kappa shape index (κ1) is 19.1. The molecule has 2 aromatic carbocycles. The van der Waals surface area contributed by atoms with Crippen LogP contribution < -0.4 is 5.32 Å². The molecule has 138 valence electrons. The van der Waals surface area contributed by atoms with Crippen molar-refractivity contribution in [3.05, 3.63) is 64.1 Å². The number of halogens is 1. The predicted molar refractivity (Wildman–Crippen MR) is 111 cm³/mol. The zero-order valence-corrected chi connectivity index (χ0v) is 16.8. The Kier molecular flexibility index (Phi) is 6.83. The van der Waals surface area contributed by atoms with E-state index < -0.39 is 0 Å². The Hall–Kier alpha value is -1.69. The second kappa shape index (κ2) is 9.31. The van der Waals surface area contributed by atoms with Crippen LogP contribution in [0.3, 0.4) is 0 Å². The van der Waals surface area contributed by atoms with E-state index in [0.29, 0.717) is 6.54 Å². The first-order valence-corrected chi connectivity index (χ1v) is 9.94. The number of benzene rings is 2. The lowest BCUT2D eigenvalue weighted by molar-refractivity contribution is -0.117. The van der Waals surface area contributed by atoms with Gasteiger partial charge in [-0.2, -0.15) is 0 Å². The number of carbonyl (C=O) groups is 1. The van der Waals surface area contributed by atoms with Crippen molar-refractivity contribution in [1.82, 2.24) is 9.80 Å². The number of carbonyl (C=O) groups excluding carboxylic acids is 1. The summed E-state index contributed by atoms with van der Waals surface area (Å²) in [6.45, 7) is 7.49. The normalized spacial score (nSPS) is 15.8. The molecule has 0 spiro atoms. The fourth-order valence-corrected chi connectivity index (χ4v) is 3.74. The highest BCUT2D eigenvalue weighted by Crippen LogP contribution is 2.20. The molecule has 1 saturated heterocycles. The highest BCUT2D eigenvalue weighted by molar-refractivity contribution is 9.10. The Morgan fingerprint density at radius 3 is 2.42 bits per heavy atom. The molecule has 4 nitrogen and oxygen atoms in total. The van der Waals surface area contributed by atoms with Crippen LogP contribution in [0.25, 0.3) is 0 Å². The molecule has 1 aliphatic heterocycles. The molecule has 1 N–H and O–H groups in total. The lowest BCUT2D eigenvalue weighted by atomic mass is 10.1. The minimum Gasteiger partial charge on any atom is -0.325 e. The molecule has 5 heteroatoms. The lowest BCUT2D eigenvalue weighted by Gasteiger charge is -2.34. The van der Waals surface area contributed by atoms with Crippen molar-refractivity contribution in [1.29, 1.82) is 0 Å². The number of nitrogens with one attached hydrogen (secondary N) is 1. The zero-order chi connectivity index (χ0) is 18.4. The quantitative estimate of drug-likeness (QED) is 0.783. The third kappa shape index (κ3) is 5.66. The molecule has 0 atom stereocenters. The first-order valence-electron chi connectivity index (χ1n) is 9.15. The van der Waals surface area contributed by atoms with Crippen LogP contribution in [0.2, 0.25) is 0 Å². The minimum atomic E-state index is 0.0631. The summed E-state index contributed by atoms with van der Waals surface area (Å²) in [6, 6.07) is 16.5. The van der Waals surface area contributed by atoms with Gasteiger partial charge in [0.25, 0.3) is 0 Å². The van der Waals surface area contributed by atoms with Gasteiger partial charge in [0, 0.05) is 42.9 Å². The standard InChI is InChI=1S/C21H26BrN3O/c1-17-15-19(22)7-8-20(17)23-21(26)16-25-13-11-24(12-14-25)10-9-18-5-3-2-4-6-18/h2-8,15H,9-14,16H2,1H3,(H,23,26). The van der Waals surface area contributed by atoms with Crippen LogP contribution in [0.15, 0.2) is 53.0 Å². The van der Waals surface area contributed by atoms with Gasteiger partial charge in [0.15, 0.2) is 0 Å². The van der Waals surface area contributed by atoms with Crippen molar-refractivity contribution in [2.45, 2.75) is 13.3 Å². The average Bonchev–Trinajstić information content (AvgIpc) is 2.64.